The molecule has 0 bridgehead atoms. The van der Waals surface area contributed by atoms with Crippen molar-refractivity contribution >= 4 is 27.5 Å². The fraction of sp³-hybridized carbons (Fsp3) is 0.350. The van der Waals surface area contributed by atoms with Gasteiger partial charge in [0, 0.05) is 18.1 Å². The lowest BCUT2D eigenvalue weighted by Crippen LogP contribution is -2.45. The van der Waals surface area contributed by atoms with Crippen molar-refractivity contribution in [3.8, 4) is 0 Å². The first-order valence-corrected chi connectivity index (χ1v) is 10.8. The summed E-state index contributed by atoms with van der Waals surface area (Å²) in [7, 11) is -3.58. The zero-order valence-electron chi connectivity index (χ0n) is 15.1. The molecule has 0 spiro atoms. The molecule has 0 unspecified atom stereocenters. The Kier molecular flexibility index (Phi) is 6.19. The van der Waals surface area contributed by atoms with Gasteiger partial charge >= 0.3 is 0 Å². The zero-order chi connectivity index (χ0) is 19.4. The molecule has 2 aromatic rings. The number of carbonyl (C=O) groups excluding carboxylic acids is 1. The van der Waals surface area contributed by atoms with Crippen molar-refractivity contribution in [3.63, 3.8) is 0 Å². The number of halogens is 1. The SMILES string of the molecule is C[C@@H](NC(=O)[C@@H]1CCCN(S(=O)(=O)c2ccccc2)C1)c1ccc(Cl)cc1. The lowest BCUT2D eigenvalue weighted by molar-refractivity contribution is -0.126. The van der Waals surface area contributed by atoms with E-state index in [0.29, 0.717) is 24.4 Å². The van der Waals surface area contributed by atoms with Gasteiger partial charge in [-0.1, -0.05) is 41.9 Å². The molecule has 5 nitrogen and oxygen atoms in total. The Balaban J connectivity index is 1.67. The van der Waals surface area contributed by atoms with Gasteiger partial charge in [0.05, 0.1) is 16.9 Å². The van der Waals surface area contributed by atoms with Gasteiger partial charge in [-0.05, 0) is 49.6 Å². The van der Waals surface area contributed by atoms with E-state index in [2.05, 4.69) is 5.32 Å². The van der Waals surface area contributed by atoms with Gasteiger partial charge in [-0.3, -0.25) is 4.79 Å². The fourth-order valence-corrected chi connectivity index (χ4v) is 4.95. The van der Waals surface area contributed by atoms with Crippen LogP contribution < -0.4 is 5.32 Å². The maximum atomic E-state index is 12.8. The molecule has 1 aliphatic heterocycles. The second-order valence-electron chi connectivity index (χ2n) is 6.80. The molecular formula is C20H23ClN2O3S. The number of benzene rings is 2. The maximum absolute atomic E-state index is 12.8. The Morgan fingerprint density at radius 3 is 2.48 bits per heavy atom. The Morgan fingerprint density at radius 1 is 1.15 bits per heavy atom. The van der Waals surface area contributed by atoms with Crippen LogP contribution in [0.2, 0.25) is 5.02 Å². The van der Waals surface area contributed by atoms with Crippen molar-refractivity contribution in [1.29, 1.82) is 0 Å². The molecule has 1 aliphatic rings. The molecule has 1 saturated heterocycles. The van der Waals surface area contributed by atoms with E-state index < -0.39 is 10.0 Å². The molecule has 2 aromatic carbocycles. The predicted octanol–water partition coefficient (Wildman–Crippen LogP) is 3.62. The molecule has 1 heterocycles. The summed E-state index contributed by atoms with van der Waals surface area (Å²) in [5.74, 6) is -0.475. The smallest absolute Gasteiger partial charge is 0.243 e. The van der Waals surface area contributed by atoms with Crippen LogP contribution in [0.5, 0.6) is 0 Å². The van der Waals surface area contributed by atoms with E-state index in [-0.39, 0.29) is 29.3 Å². The number of rotatable bonds is 5. The normalized spacial score (nSPS) is 19.4. The van der Waals surface area contributed by atoms with Gasteiger partial charge in [-0.15, -0.1) is 0 Å². The zero-order valence-corrected chi connectivity index (χ0v) is 16.7. The average Bonchev–Trinajstić information content (AvgIpc) is 2.69. The molecule has 1 amide bonds. The first-order chi connectivity index (χ1) is 12.9. The van der Waals surface area contributed by atoms with Crippen LogP contribution in [0.1, 0.15) is 31.4 Å². The molecule has 1 fully saturated rings. The number of nitrogens with zero attached hydrogens (tertiary/aromatic N) is 1. The highest BCUT2D eigenvalue weighted by molar-refractivity contribution is 7.89. The summed E-state index contributed by atoms with van der Waals surface area (Å²) in [6.45, 7) is 2.55. The molecule has 144 valence electrons. The Labute approximate surface area is 165 Å². The molecule has 3 rings (SSSR count). The summed E-state index contributed by atoms with van der Waals surface area (Å²) < 4.78 is 27.0. The lowest BCUT2D eigenvalue weighted by Gasteiger charge is -2.32. The van der Waals surface area contributed by atoms with Crippen LogP contribution in [-0.4, -0.2) is 31.7 Å². The van der Waals surface area contributed by atoms with E-state index in [0.717, 1.165) is 5.56 Å². The van der Waals surface area contributed by atoms with Crippen molar-refractivity contribution < 1.29 is 13.2 Å². The van der Waals surface area contributed by atoms with Crippen molar-refractivity contribution in [3.05, 3.63) is 65.2 Å². The Morgan fingerprint density at radius 2 is 1.81 bits per heavy atom. The summed E-state index contributed by atoms with van der Waals surface area (Å²) in [6, 6.07) is 15.5. The minimum absolute atomic E-state index is 0.120. The standard InChI is InChI=1S/C20H23ClN2O3S/c1-15(16-9-11-18(21)12-10-16)22-20(24)17-6-5-13-23(14-17)27(25,26)19-7-3-2-4-8-19/h2-4,7-12,15,17H,5-6,13-14H2,1H3,(H,22,24)/t15-,17-/m1/s1. The average molecular weight is 407 g/mol. The van der Waals surface area contributed by atoms with E-state index in [1.54, 1.807) is 42.5 Å². The van der Waals surface area contributed by atoms with Gasteiger partial charge in [-0.25, -0.2) is 8.42 Å². The lowest BCUT2D eigenvalue weighted by atomic mass is 9.98. The monoisotopic (exact) mass is 406 g/mol. The van der Waals surface area contributed by atoms with Crippen LogP contribution in [0.4, 0.5) is 0 Å². The molecule has 0 aliphatic carbocycles. The number of hydrogen-bond acceptors (Lipinski definition) is 3. The van der Waals surface area contributed by atoms with Gasteiger partial charge in [0.15, 0.2) is 0 Å². The van der Waals surface area contributed by atoms with Crippen LogP contribution in [0.25, 0.3) is 0 Å². The fourth-order valence-electron chi connectivity index (χ4n) is 3.28. The molecular weight excluding hydrogens is 384 g/mol. The Bertz CT molecular complexity index is 885. The summed E-state index contributed by atoms with van der Waals surface area (Å²) in [5.41, 5.74) is 0.956. The number of hydrogen-bond donors (Lipinski definition) is 1. The molecule has 0 saturated carbocycles. The van der Waals surface area contributed by atoms with Gasteiger partial charge in [0.1, 0.15) is 0 Å². The van der Waals surface area contributed by atoms with Crippen molar-refractivity contribution in [2.75, 3.05) is 13.1 Å². The van der Waals surface area contributed by atoms with Crippen molar-refractivity contribution in [2.45, 2.75) is 30.7 Å². The Hall–Kier alpha value is -1.89. The largest absolute Gasteiger partial charge is 0.349 e. The highest BCUT2D eigenvalue weighted by Gasteiger charge is 2.33. The van der Waals surface area contributed by atoms with E-state index >= 15 is 0 Å². The van der Waals surface area contributed by atoms with Crippen LogP contribution in [0, 0.1) is 5.92 Å². The molecule has 1 N–H and O–H groups in total. The van der Waals surface area contributed by atoms with Crippen molar-refractivity contribution in [2.24, 2.45) is 5.92 Å². The molecule has 0 aromatic heterocycles. The van der Waals surface area contributed by atoms with Crippen molar-refractivity contribution in [1.82, 2.24) is 9.62 Å². The third kappa shape index (κ3) is 4.69. The minimum Gasteiger partial charge on any atom is -0.349 e. The van der Waals surface area contributed by atoms with Crippen LogP contribution in [-0.2, 0) is 14.8 Å². The number of carbonyl (C=O) groups is 1. The quantitative estimate of drug-likeness (QED) is 0.824. The van der Waals surface area contributed by atoms with E-state index in [4.69, 9.17) is 11.6 Å². The first kappa shape index (κ1) is 19.9. The highest BCUT2D eigenvalue weighted by Crippen LogP contribution is 2.25. The molecule has 27 heavy (non-hydrogen) atoms. The summed E-state index contributed by atoms with van der Waals surface area (Å²) in [5, 5.41) is 3.64. The van der Waals surface area contributed by atoms with Crippen LogP contribution >= 0.6 is 11.6 Å². The second-order valence-corrected chi connectivity index (χ2v) is 9.17. The van der Waals surface area contributed by atoms with Gasteiger partial charge in [-0.2, -0.15) is 4.31 Å². The van der Waals surface area contributed by atoms with Crippen LogP contribution in [0.15, 0.2) is 59.5 Å². The number of amides is 1. The topological polar surface area (TPSA) is 66.5 Å². The highest BCUT2D eigenvalue weighted by atomic mass is 35.5. The van der Waals surface area contributed by atoms with Gasteiger partial charge in [0.2, 0.25) is 15.9 Å². The molecule has 0 radical (unpaired) electrons. The summed E-state index contributed by atoms with van der Waals surface area (Å²) in [4.78, 5) is 13.0. The maximum Gasteiger partial charge on any atom is 0.243 e. The minimum atomic E-state index is -3.58. The number of nitrogens with one attached hydrogen (secondary N) is 1. The van der Waals surface area contributed by atoms with E-state index in [1.807, 2.05) is 19.1 Å². The number of sulfonamides is 1. The molecule has 7 heteroatoms. The predicted molar refractivity (Wildman–Crippen MR) is 106 cm³/mol. The van der Waals surface area contributed by atoms with Gasteiger partial charge in [0.25, 0.3) is 0 Å². The third-order valence-corrected chi connectivity index (χ3v) is 7.00. The van der Waals surface area contributed by atoms with E-state index in [1.165, 1.54) is 4.31 Å². The second kappa shape index (κ2) is 8.42. The summed E-state index contributed by atoms with van der Waals surface area (Å²) in [6.07, 6.45) is 1.35. The number of piperidine rings is 1. The van der Waals surface area contributed by atoms with Gasteiger partial charge < -0.3 is 5.32 Å². The van der Waals surface area contributed by atoms with E-state index in [9.17, 15) is 13.2 Å². The molecule has 2 atom stereocenters. The van der Waals surface area contributed by atoms with Crippen LogP contribution in [0.3, 0.4) is 0 Å². The first-order valence-electron chi connectivity index (χ1n) is 8.99. The third-order valence-electron chi connectivity index (χ3n) is 4.86. The summed E-state index contributed by atoms with van der Waals surface area (Å²) >= 11 is 5.90.